The third-order valence-corrected chi connectivity index (χ3v) is 2.68. The Morgan fingerprint density at radius 1 is 1.29 bits per heavy atom. The number of halogens is 1. The number of H-pyrrole nitrogens is 1. The molecule has 0 aliphatic rings. The third-order valence-electron chi connectivity index (χ3n) is 2.68. The third kappa shape index (κ3) is 2.94. The average molecular weight is 232 g/mol. The van der Waals surface area contributed by atoms with Gasteiger partial charge in [-0.1, -0.05) is 13.0 Å². The summed E-state index contributed by atoms with van der Waals surface area (Å²) in [5.74, 6) is -0.178. The topological polar surface area (TPSA) is 27.8 Å². The van der Waals surface area contributed by atoms with E-state index < -0.39 is 0 Å². The summed E-state index contributed by atoms with van der Waals surface area (Å²) >= 11 is 0. The van der Waals surface area contributed by atoms with Crippen LogP contribution in [0.1, 0.15) is 18.9 Å². The second kappa shape index (κ2) is 5.64. The minimum Gasteiger partial charge on any atom is -0.361 e. The zero-order valence-electron chi connectivity index (χ0n) is 9.96. The van der Waals surface area contributed by atoms with Crippen LogP contribution in [0, 0.1) is 5.82 Å². The molecule has 2 rings (SSSR count). The first kappa shape index (κ1) is 11.9. The normalized spacial score (nSPS) is 10.7. The summed E-state index contributed by atoms with van der Waals surface area (Å²) < 4.78 is 13.9. The van der Waals surface area contributed by atoms with E-state index in [4.69, 9.17) is 0 Å². The maximum Gasteiger partial charge on any atom is 0.132 e. The summed E-state index contributed by atoms with van der Waals surface area (Å²) in [6.07, 6.45) is 2.88. The molecule has 0 aliphatic carbocycles. The highest BCUT2D eigenvalue weighted by Crippen LogP contribution is 2.21. The Morgan fingerprint density at radius 3 is 2.82 bits per heavy atom. The molecule has 2 N–H and O–H groups in total. The maximum absolute atomic E-state index is 13.9. The number of nitrogens with one attached hydrogen (secondary N) is 2. The van der Waals surface area contributed by atoms with Crippen molar-refractivity contribution >= 4 is 0 Å². The quantitative estimate of drug-likeness (QED) is 0.760. The van der Waals surface area contributed by atoms with E-state index in [2.05, 4.69) is 17.2 Å². The Kier molecular flexibility index (Phi) is 3.94. The van der Waals surface area contributed by atoms with Crippen LogP contribution in [0.2, 0.25) is 0 Å². The molecule has 3 heteroatoms. The second-order valence-corrected chi connectivity index (χ2v) is 4.07. The Balaban J connectivity index is 2.12. The number of hydrogen-bond acceptors (Lipinski definition) is 1. The molecule has 0 radical (unpaired) electrons. The van der Waals surface area contributed by atoms with Crippen molar-refractivity contribution in [2.75, 3.05) is 6.54 Å². The van der Waals surface area contributed by atoms with Crippen LogP contribution in [-0.4, -0.2) is 11.5 Å². The smallest absolute Gasteiger partial charge is 0.132 e. The van der Waals surface area contributed by atoms with Gasteiger partial charge in [-0.15, -0.1) is 0 Å². The molecule has 0 bridgehead atoms. The van der Waals surface area contributed by atoms with Gasteiger partial charge in [0.25, 0.3) is 0 Å². The van der Waals surface area contributed by atoms with E-state index >= 15 is 0 Å². The highest BCUT2D eigenvalue weighted by Gasteiger charge is 2.06. The van der Waals surface area contributed by atoms with E-state index in [0.717, 1.165) is 30.8 Å². The first-order chi connectivity index (χ1) is 8.31. The zero-order valence-corrected chi connectivity index (χ0v) is 9.96. The van der Waals surface area contributed by atoms with Crippen LogP contribution in [-0.2, 0) is 6.54 Å². The fraction of sp³-hybridized carbons (Fsp3) is 0.286. The van der Waals surface area contributed by atoms with Crippen LogP contribution < -0.4 is 5.32 Å². The fourth-order valence-corrected chi connectivity index (χ4v) is 1.79. The predicted octanol–water partition coefficient (Wildman–Crippen LogP) is 3.32. The molecule has 17 heavy (non-hydrogen) atoms. The van der Waals surface area contributed by atoms with Crippen molar-refractivity contribution in [3.63, 3.8) is 0 Å². The van der Waals surface area contributed by atoms with E-state index in [9.17, 15) is 4.39 Å². The van der Waals surface area contributed by atoms with E-state index in [-0.39, 0.29) is 5.82 Å². The molecule has 2 aromatic rings. The number of hydrogen-bond donors (Lipinski definition) is 2. The molecule has 1 heterocycles. The van der Waals surface area contributed by atoms with Gasteiger partial charge in [0.15, 0.2) is 0 Å². The number of aromatic amines is 1. The molecular formula is C14H17FN2. The minimum absolute atomic E-state index is 0.178. The molecule has 0 saturated heterocycles. The number of rotatable bonds is 5. The molecule has 1 aromatic heterocycles. The van der Waals surface area contributed by atoms with Crippen LogP contribution in [0.15, 0.2) is 36.5 Å². The number of aromatic nitrogens is 1. The van der Waals surface area contributed by atoms with Gasteiger partial charge < -0.3 is 10.3 Å². The lowest BCUT2D eigenvalue weighted by Gasteiger charge is -2.06. The molecule has 0 fully saturated rings. The molecular weight excluding hydrogens is 215 g/mol. The van der Waals surface area contributed by atoms with Crippen molar-refractivity contribution in [1.29, 1.82) is 0 Å². The molecule has 0 aliphatic heterocycles. The molecule has 90 valence electrons. The summed E-state index contributed by atoms with van der Waals surface area (Å²) in [6, 6.07) is 9.11. The molecule has 0 saturated carbocycles. The summed E-state index contributed by atoms with van der Waals surface area (Å²) in [5, 5.41) is 3.26. The van der Waals surface area contributed by atoms with Crippen LogP contribution >= 0.6 is 0 Å². The Morgan fingerprint density at radius 2 is 2.18 bits per heavy atom. The highest BCUT2D eigenvalue weighted by molar-refractivity contribution is 5.60. The molecule has 0 spiro atoms. The van der Waals surface area contributed by atoms with Gasteiger partial charge in [0.05, 0.1) is 0 Å². The monoisotopic (exact) mass is 232 g/mol. The van der Waals surface area contributed by atoms with E-state index in [0.29, 0.717) is 5.56 Å². The molecule has 0 amide bonds. The summed E-state index contributed by atoms with van der Waals surface area (Å²) in [5.41, 5.74) is 2.41. The first-order valence-corrected chi connectivity index (χ1v) is 5.94. The average Bonchev–Trinajstić information content (AvgIpc) is 2.83. The molecule has 0 unspecified atom stereocenters. The van der Waals surface area contributed by atoms with Gasteiger partial charge in [-0.05, 0) is 42.8 Å². The molecule has 0 atom stereocenters. The zero-order chi connectivity index (χ0) is 12.1. The van der Waals surface area contributed by atoms with Gasteiger partial charge in [0, 0.05) is 24.0 Å². The first-order valence-electron chi connectivity index (χ1n) is 5.94. The summed E-state index contributed by atoms with van der Waals surface area (Å²) in [7, 11) is 0. The summed E-state index contributed by atoms with van der Waals surface area (Å²) in [4.78, 5) is 3.01. The Bertz CT molecular complexity index is 463. The van der Waals surface area contributed by atoms with Gasteiger partial charge in [0.1, 0.15) is 5.82 Å². The van der Waals surface area contributed by atoms with Crippen molar-refractivity contribution in [1.82, 2.24) is 10.3 Å². The van der Waals surface area contributed by atoms with Crippen molar-refractivity contribution in [3.8, 4) is 11.3 Å². The van der Waals surface area contributed by atoms with Gasteiger partial charge in [-0.3, -0.25) is 0 Å². The minimum atomic E-state index is -0.178. The lowest BCUT2D eigenvalue weighted by Crippen LogP contribution is -2.13. The van der Waals surface area contributed by atoms with Gasteiger partial charge >= 0.3 is 0 Å². The van der Waals surface area contributed by atoms with Crippen LogP contribution in [0.4, 0.5) is 4.39 Å². The predicted molar refractivity (Wildman–Crippen MR) is 68.2 cm³/mol. The SMILES string of the molecule is CCCNCc1ccc(-c2ccc[nH]2)c(F)c1. The van der Waals surface area contributed by atoms with Crippen molar-refractivity contribution in [3.05, 3.63) is 47.9 Å². The standard InChI is InChI=1S/C14H17FN2/c1-2-7-16-10-11-5-6-12(13(15)9-11)14-4-3-8-17-14/h3-6,8-9,16-17H,2,7,10H2,1H3. The van der Waals surface area contributed by atoms with Crippen LogP contribution in [0.25, 0.3) is 11.3 Å². The van der Waals surface area contributed by atoms with Gasteiger partial charge in [-0.2, -0.15) is 0 Å². The Hall–Kier alpha value is -1.61. The van der Waals surface area contributed by atoms with E-state index in [1.54, 1.807) is 12.3 Å². The van der Waals surface area contributed by atoms with Gasteiger partial charge in [-0.25, -0.2) is 4.39 Å². The van der Waals surface area contributed by atoms with Crippen LogP contribution in [0.5, 0.6) is 0 Å². The van der Waals surface area contributed by atoms with Crippen molar-refractivity contribution in [2.45, 2.75) is 19.9 Å². The fourth-order valence-electron chi connectivity index (χ4n) is 1.79. The van der Waals surface area contributed by atoms with Crippen LogP contribution in [0.3, 0.4) is 0 Å². The highest BCUT2D eigenvalue weighted by atomic mass is 19.1. The molecule has 2 nitrogen and oxygen atoms in total. The maximum atomic E-state index is 13.9. The summed E-state index contributed by atoms with van der Waals surface area (Å²) in [6.45, 7) is 3.79. The Labute approximate surface area is 101 Å². The van der Waals surface area contributed by atoms with E-state index in [1.165, 1.54) is 0 Å². The molecule has 1 aromatic carbocycles. The van der Waals surface area contributed by atoms with E-state index in [1.807, 2.05) is 24.3 Å². The largest absolute Gasteiger partial charge is 0.361 e. The van der Waals surface area contributed by atoms with Gasteiger partial charge in [0.2, 0.25) is 0 Å². The van der Waals surface area contributed by atoms with Crippen molar-refractivity contribution in [2.24, 2.45) is 0 Å². The lowest BCUT2D eigenvalue weighted by molar-refractivity contribution is 0.622. The van der Waals surface area contributed by atoms with Crippen molar-refractivity contribution < 1.29 is 4.39 Å². The second-order valence-electron chi connectivity index (χ2n) is 4.07. The lowest BCUT2D eigenvalue weighted by atomic mass is 10.1. The number of benzene rings is 1.